The van der Waals surface area contributed by atoms with E-state index >= 15 is 0 Å². The molecule has 0 bridgehead atoms. The van der Waals surface area contributed by atoms with Crippen molar-refractivity contribution in [3.8, 4) is 11.3 Å². The summed E-state index contributed by atoms with van der Waals surface area (Å²) in [5.41, 5.74) is 1.45. The Kier molecular flexibility index (Phi) is 3.29. The van der Waals surface area contributed by atoms with Crippen molar-refractivity contribution in [1.82, 2.24) is 19.5 Å². The van der Waals surface area contributed by atoms with Gasteiger partial charge in [0, 0.05) is 36.5 Å². The molecule has 1 aromatic carbocycles. The lowest BCUT2D eigenvalue weighted by molar-refractivity contribution is -0.384. The van der Waals surface area contributed by atoms with Crippen LogP contribution in [0, 0.1) is 10.1 Å². The van der Waals surface area contributed by atoms with Gasteiger partial charge in [0.1, 0.15) is 16.4 Å². The number of benzene rings is 1. The van der Waals surface area contributed by atoms with Crippen molar-refractivity contribution in [2.45, 2.75) is 0 Å². The highest BCUT2D eigenvalue weighted by Gasteiger charge is 2.18. The number of aromatic nitrogens is 4. The third kappa shape index (κ3) is 2.34. The van der Waals surface area contributed by atoms with Gasteiger partial charge in [-0.25, -0.2) is 9.97 Å². The lowest BCUT2D eigenvalue weighted by Crippen LogP contribution is -2.11. The zero-order chi connectivity index (χ0) is 17.7. The molecule has 0 fully saturated rings. The van der Waals surface area contributed by atoms with Crippen LogP contribution in [0.1, 0.15) is 0 Å². The van der Waals surface area contributed by atoms with Crippen LogP contribution in [-0.2, 0) is 7.05 Å². The summed E-state index contributed by atoms with van der Waals surface area (Å²) in [7, 11) is 1.83. The molecule has 0 atom stereocenters. The van der Waals surface area contributed by atoms with Crippen LogP contribution in [0.15, 0.2) is 41.5 Å². The number of halogens is 1. The summed E-state index contributed by atoms with van der Waals surface area (Å²) < 4.78 is 1.80. The van der Waals surface area contributed by atoms with E-state index in [1.807, 2.05) is 13.1 Å². The highest BCUT2D eigenvalue weighted by atomic mass is 35.5. The number of aryl methyl sites for hydroxylation is 1. The van der Waals surface area contributed by atoms with Gasteiger partial charge in [-0.05, 0) is 18.2 Å². The van der Waals surface area contributed by atoms with E-state index in [4.69, 9.17) is 11.6 Å². The van der Waals surface area contributed by atoms with Gasteiger partial charge in [-0.2, -0.15) is 0 Å². The minimum absolute atomic E-state index is 0.0393. The lowest BCUT2D eigenvalue weighted by Gasteiger charge is -2.03. The molecule has 0 aliphatic rings. The van der Waals surface area contributed by atoms with Crippen LogP contribution >= 0.6 is 11.6 Å². The van der Waals surface area contributed by atoms with Crippen molar-refractivity contribution in [1.29, 1.82) is 0 Å². The van der Waals surface area contributed by atoms with Crippen LogP contribution in [0.25, 0.3) is 33.3 Å². The summed E-state index contributed by atoms with van der Waals surface area (Å²) in [4.78, 5) is 34.2. The summed E-state index contributed by atoms with van der Waals surface area (Å²) >= 11 is 5.95. The fourth-order valence-corrected chi connectivity index (χ4v) is 3.05. The van der Waals surface area contributed by atoms with Gasteiger partial charge in [-0.15, -0.1) is 0 Å². The van der Waals surface area contributed by atoms with E-state index < -0.39 is 10.5 Å². The average Bonchev–Trinajstić information content (AvgIpc) is 2.91. The van der Waals surface area contributed by atoms with Gasteiger partial charge >= 0.3 is 0 Å². The van der Waals surface area contributed by atoms with Crippen LogP contribution in [0.4, 0.5) is 5.69 Å². The predicted molar refractivity (Wildman–Crippen MR) is 93.7 cm³/mol. The first-order valence-corrected chi connectivity index (χ1v) is 7.62. The molecular formula is C16H10ClN5O3. The van der Waals surface area contributed by atoms with E-state index in [2.05, 4.69) is 15.0 Å². The molecule has 0 unspecified atom stereocenters. The fourth-order valence-electron chi connectivity index (χ4n) is 2.82. The molecule has 0 saturated heterocycles. The van der Waals surface area contributed by atoms with Crippen molar-refractivity contribution in [2.24, 2.45) is 7.05 Å². The standard InChI is InChI=1S/C16H10ClN5O3/c1-21-7-9(8-3-2-4-18-15(8)21)14-16(23)20-12-6-13(22(24)25)10(17)5-11(12)19-14/h2-7H,1H3,(H,20,23). The monoisotopic (exact) mass is 355 g/mol. The van der Waals surface area contributed by atoms with Gasteiger partial charge in [-0.1, -0.05) is 11.6 Å². The Balaban J connectivity index is 2.02. The summed E-state index contributed by atoms with van der Waals surface area (Å²) in [6.07, 6.45) is 3.44. The molecule has 0 amide bonds. The lowest BCUT2D eigenvalue weighted by atomic mass is 10.1. The van der Waals surface area contributed by atoms with Gasteiger partial charge in [-0.3, -0.25) is 14.9 Å². The number of nitro benzene ring substituents is 1. The molecule has 0 aliphatic carbocycles. The molecule has 4 aromatic rings. The van der Waals surface area contributed by atoms with Gasteiger partial charge in [0.2, 0.25) is 0 Å². The van der Waals surface area contributed by atoms with Crippen molar-refractivity contribution < 1.29 is 4.92 Å². The van der Waals surface area contributed by atoms with Crippen molar-refractivity contribution in [3.05, 3.63) is 62.1 Å². The first-order chi connectivity index (χ1) is 12.0. The predicted octanol–water partition coefficient (Wildman–Crippen LogP) is 3.04. The second-order valence-corrected chi connectivity index (χ2v) is 5.93. The number of nitrogens with zero attached hydrogens (tertiary/aromatic N) is 4. The largest absolute Gasteiger partial charge is 0.335 e. The number of nitrogens with one attached hydrogen (secondary N) is 1. The highest BCUT2D eigenvalue weighted by Crippen LogP contribution is 2.30. The molecule has 3 heterocycles. The Labute approximate surface area is 144 Å². The Hall–Kier alpha value is -3.26. The van der Waals surface area contributed by atoms with Crippen molar-refractivity contribution in [3.63, 3.8) is 0 Å². The molecule has 4 rings (SSSR count). The second-order valence-electron chi connectivity index (χ2n) is 5.52. The molecule has 124 valence electrons. The number of fused-ring (bicyclic) bond motifs is 2. The van der Waals surface area contributed by atoms with E-state index in [0.717, 1.165) is 11.0 Å². The van der Waals surface area contributed by atoms with E-state index in [0.29, 0.717) is 11.1 Å². The molecular weight excluding hydrogens is 346 g/mol. The Morgan fingerprint density at radius 2 is 2.16 bits per heavy atom. The molecule has 1 N–H and O–H groups in total. The smallest absolute Gasteiger partial charge is 0.290 e. The van der Waals surface area contributed by atoms with E-state index in [-0.39, 0.29) is 21.9 Å². The quantitative estimate of drug-likeness (QED) is 0.439. The normalized spacial score (nSPS) is 11.3. The zero-order valence-corrected chi connectivity index (χ0v) is 13.6. The summed E-state index contributed by atoms with van der Waals surface area (Å²) in [5, 5.41) is 11.7. The number of rotatable bonds is 2. The zero-order valence-electron chi connectivity index (χ0n) is 12.9. The Bertz CT molecular complexity index is 1230. The first kappa shape index (κ1) is 15.3. The maximum atomic E-state index is 12.5. The number of hydrogen-bond donors (Lipinski definition) is 1. The van der Waals surface area contributed by atoms with Crippen LogP contribution < -0.4 is 5.56 Å². The maximum Gasteiger partial charge on any atom is 0.290 e. The van der Waals surface area contributed by atoms with Gasteiger partial charge in [0.05, 0.1) is 16.0 Å². The van der Waals surface area contributed by atoms with Crippen molar-refractivity contribution >= 4 is 39.4 Å². The Morgan fingerprint density at radius 3 is 2.92 bits per heavy atom. The minimum atomic E-state index is -0.607. The molecule has 3 aromatic heterocycles. The molecule has 25 heavy (non-hydrogen) atoms. The average molecular weight is 356 g/mol. The maximum absolute atomic E-state index is 12.5. The molecule has 9 heteroatoms. The SMILES string of the molecule is Cn1cc(-c2nc3cc(Cl)c([N+](=O)[O-])cc3[nH]c2=O)c2cccnc21. The topological polar surface area (TPSA) is 107 Å². The van der Waals surface area contributed by atoms with E-state index in [9.17, 15) is 14.9 Å². The Morgan fingerprint density at radius 1 is 1.36 bits per heavy atom. The number of H-pyrrole nitrogens is 1. The molecule has 0 saturated carbocycles. The van der Waals surface area contributed by atoms with E-state index in [1.54, 1.807) is 23.0 Å². The van der Waals surface area contributed by atoms with Crippen molar-refractivity contribution in [2.75, 3.05) is 0 Å². The minimum Gasteiger partial charge on any atom is -0.335 e. The van der Waals surface area contributed by atoms with Gasteiger partial charge in [0.15, 0.2) is 0 Å². The second kappa shape index (κ2) is 5.38. The summed E-state index contributed by atoms with van der Waals surface area (Å²) in [6, 6.07) is 6.21. The fraction of sp³-hybridized carbons (Fsp3) is 0.0625. The van der Waals surface area contributed by atoms with Crippen LogP contribution in [-0.4, -0.2) is 24.4 Å². The van der Waals surface area contributed by atoms with E-state index in [1.165, 1.54) is 12.1 Å². The summed E-state index contributed by atoms with van der Waals surface area (Å²) in [6.45, 7) is 0. The van der Waals surface area contributed by atoms with Crippen LogP contribution in [0.3, 0.4) is 0 Å². The van der Waals surface area contributed by atoms with Crippen LogP contribution in [0.2, 0.25) is 5.02 Å². The van der Waals surface area contributed by atoms with Crippen LogP contribution in [0.5, 0.6) is 0 Å². The number of pyridine rings is 1. The van der Waals surface area contributed by atoms with Gasteiger partial charge in [0.25, 0.3) is 11.2 Å². The number of aromatic amines is 1. The molecule has 0 aliphatic heterocycles. The summed E-state index contributed by atoms with van der Waals surface area (Å²) in [5.74, 6) is 0. The highest BCUT2D eigenvalue weighted by molar-refractivity contribution is 6.33. The molecule has 8 nitrogen and oxygen atoms in total. The third-order valence-electron chi connectivity index (χ3n) is 3.95. The third-order valence-corrected chi connectivity index (χ3v) is 4.25. The number of nitro groups is 1. The first-order valence-electron chi connectivity index (χ1n) is 7.24. The van der Waals surface area contributed by atoms with Gasteiger partial charge < -0.3 is 9.55 Å². The molecule has 0 spiro atoms. The number of hydrogen-bond acceptors (Lipinski definition) is 5. The molecule has 0 radical (unpaired) electrons.